The number of aliphatic carboxylic acids is 1. The molecule has 0 bridgehead atoms. The fourth-order valence-corrected chi connectivity index (χ4v) is 8.33. The Morgan fingerprint density at radius 1 is 0.481 bits per heavy atom. The molecule has 0 atom stereocenters. The minimum absolute atomic E-state index is 0. The van der Waals surface area contributed by atoms with Gasteiger partial charge in [-0.1, -0.05) is 148 Å². The van der Waals surface area contributed by atoms with Gasteiger partial charge in [0.25, 0.3) is 0 Å². The van der Waals surface area contributed by atoms with Crippen LogP contribution in [0, 0.1) is 16.2 Å². The maximum Gasteiger partial charge on any atom is 1.00 e. The van der Waals surface area contributed by atoms with Crippen molar-refractivity contribution in [1.29, 1.82) is 0 Å². The molecule has 6 aromatic rings. The number of hydrogen-bond donors (Lipinski definition) is 3. The summed E-state index contributed by atoms with van der Waals surface area (Å²) in [4.78, 5) is 71.3. The first-order valence-corrected chi connectivity index (χ1v) is 26.8. The number of ether oxygens (including phenoxy) is 2. The number of carbonyl (C=O) groups is 6. The van der Waals surface area contributed by atoms with E-state index >= 15 is 0 Å². The number of ketones is 3. The van der Waals surface area contributed by atoms with Crippen molar-refractivity contribution in [2.24, 2.45) is 16.2 Å². The largest absolute Gasteiger partial charge is 1.00 e. The number of carbonyl (C=O) groups excluding carboxylic acids is 5. The summed E-state index contributed by atoms with van der Waals surface area (Å²) in [5.41, 5.74) is 4.70. The summed E-state index contributed by atoms with van der Waals surface area (Å²) < 4.78 is 11.0. The second kappa shape index (κ2) is 35.0. The molecular formula is C61H68BBrCl3NaO12. The molecule has 0 saturated carbocycles. The summed E-state index contributed by atoms with van der Waals surface area (Å²) in [7, 11) is -1.41. The van der Waals surface area contributed by atoms with E-state index in [1.54, 1.807) is 79.7 Å². The van der Waals surface area contributed by atoms with Crippen molar-refractivity contribution in [1.82, 2.24) is 0 Å². The molecule has 0 saturated heterocycles. The van der Waals surface area contributed by atoms with Gasteiger partial charge < -0.3 is 30.1 Å². The maximum atomic E-state index is 12.4. The molecule has 0 spiro atoms. The predicted octanol–water partition coefficient (Wildman–Crippen LogP) is 10.1. The molecule has 0 aromatic heterocycles. The molecule has 0 radical (unpaired) electrons. The Balaban J connectivity index is 0.000000542. The van der Waals surface area contributed by atoms with Crippen LogP contribution in [-0.4, -0.2) is 76.2 Å². The van der Waals surface area contributed by atoms with Crippen LogP contribution in [0.2, 0.25) is 15.1 Å². The Bertz CT molecular complexity index is 2910. The van der Waals surface area contributed by atoms with Crippen LogP contribution in [0.5, 0.6) is 0 Å². The maximum absolute atomic E-state index is 12.4. The molecule has 6 aromatic carbocycles. The smallest absolute Gasteiger partial charge is 0.870 e. The molecule has 0 aliphatic carbocycles. The van der Waals surface area contributed by atoms with Gasteiger partial charge in [-0.05, 0) is 148 Å². The van der Waals surface area contributed by atoms with E-state index in [-0.39, 0.29) is 90.0 Å². The summed E-state index contributed by atoms with van der Waals surface area (Å²) >= 11 is 20.7. The molecule has 6 rings (SSSR count). The first kappa shape index (κ1) is 72.0. The van der Waals surface area contributed by atoms with E-state index in [2.05, 4.69) is 15.9 Å². The van der Waals surface area contributed by atoms with Crippen molar-refractivity contribution in [3.8, 4) is 22.3 Å². The summed E-state index contributed by atoms with van der Waals surface area (Å²) in [6.45, 7) is 14.3. The van der Waals surface area contributed by atoms with Crippen LogP contribution < -0.4 is 35.0 Å². The topological polar surface area (TPSA) is 212 Å². The van der Waals surface area contributed by atoms with E-state index in [0.29, 0.717) is 46.6 Å². The minimum Gasteiger partial charge on any atom is -0.870 e. The number of esters is 2. The second-order valence-electron chi connectivity index (χ2n) is 20.0. The van der Waals surface area contributed by atoms with Crippen molar-refractivity contribution in [3.05, 3.63) is 182 Å². The Kier molecular flexibility index (Phi) is 31.9. The average molecular weight is 1210 g/mol. The number of carboxylic acids is 1. The molecule has 0 amide bonds. The van der Waals surface area contributed by atoms with E-state index < -0.39 is 29.3 Å². The van der Waals surface area contributed by atoms with Gasteiger partial charge in [0.1, 0.15) is 17.3 Å². The van der Waals surface area contributed by atoms with Crippen LogP contribution in [0.4, 0.5) is 0 Å². The van der Waals surface area contributed by atoms with Gasteiger partial charge in [0, 0.05) is 58.1 Å². The number of carboxylic acid groups (broad SMARTS) is 1. The Morgan fingerprint density at radius 3 is 1.11 bits per heavy atom. The average Bonchev–Trinajstić information content (AvgIpc) is 3.35. The van der Waals surface area contributed by atoms with Gasteiger partial charge in [-0.3, -0.25) is 28.8 Å². The zero-order valence-corrected chi connectivity index (χ0v) is 52.0. The van der Waals surface area contributed by atoms with Gasteiger partial charge in [0.05, 0.1) is 29.5 Å². The number of halogens is 4. The van der Waals surface area contributed by atoms with Crippen LogP contribution in [0.15, 0.2) is 150 Å². The molecule has 12 nitrogen and oxygen atoms in total. The van der Waals surface area contributed by atoms with Gasteiger partial charge >= 0.3 is 54.6 Å². The number of benzene rings is 6. The molecule has 0 aliphatic rings. The van der Waals surface area contributed by atoms with Crippen LogP contribution in [0.25, 0.3) is 22.3 Å². The second-order valence-corrected chi connectivity index (χ2v) is 22.3. The molecule has 0 heterocycles. The fourth-order valence-electron chi connectivity index (χ4n) is 7.51. The van der Waals surface area contributed by atoms with E-state index in [0.717, 1.165) is 43.4 Å². The molecule has 79 heavy (non-hydrogen) atoms. The molecule has 0 fully saturated rings. The normalized spacial score (nSPS) is 10.7. The third-order valence-electron chi connectivity index (χ3n) is 11.6. The van der Waals surface area contributed by atoms with Crippen LogP contribution in [-0.2, 0) is 57.5 Å². The van der Waals surface area contributed by atoms with Gasteiger partial charge in [0.2, 0.25) is 0 Å². The Hall–Kier alpha value is -4.97. The molecule has 4 N–H and O–H groups in total. The van der Waals surface area contributed by atoms with E-state index in [1.807, 2.05) is 121 Å². The third-order valence-corrected chi connectivity index (χ3v) is 12.9. The zero-order valence-electron chi connectivity index (χ0n) is 46.2. The SMILES string of the molecule is CC(C)(CC(=O)Cc1cccc(-c2ccc(Cl)cc2)c1)C(=O)O.CCOC(=O)C(C)(C)CC(=O)Cc1cccc(-c2ccc(Cl)cc2)c1.CCOC(=O)C(C)(C)CC(=O)Cc1cccc(Br)c1.OB(O)c1ccc(Cl)cc1.[Na+].[OH-]. The van der Waals surface area contributed by atoms with Crippen molar-refractivity contribution in [2.75, 3.05) is 13.2 Å². The van der Waals surface area contributed by atoms with Crippen LogP contribution in [0.1, 0.15) is 91.3 Å². The Morgan fingerprint density at radius 2 is 0.797 bits per heavy atom. The van der Waals surface area contributed by atoms with Crippen LogP contribution in [0.3, 0.4) is 0 Å². The van der Waals surface area contributed by atoms with Gasteiger partial charge in [-0.2, -0.15) is 0 Å². The molecule has 0 unspecified atom stereocenters. The standard InChI is InChI=1S/C21H23ClO3.C19H19ClO3.C15H19BrO3.C6H6BClO2.Na.H2O/c1-4-25-20(24)21(2,3)14-19(23)13-15-6-5-7-17(12-15)16-8-10-18(22)11-9-16;1-19(2,18(22)23)12-17(21)11-13-4-3-5-15(10-13)14-6-8-16(20)9-7-14;1-4-19-14(18)15(2,3)10-13(17)9-11-6-5-7-12(16)8-11;8-6-3-1-5(2-4-6)7(9)10;;/h5-12H,4,13-14H2,1-3H3;3-10H,11-12H2,1-2H3,(H,22,23);5-8H,4,9-10H2,1-3H3;1-4,9-10H;;1H2/q;;;;+1;/p-1. The summed E-state index contributed by atoms with van der Waals surface area (Å²) in [5, 5.41) is 28.3. The summed E-state index contributed by atoms with van der Waals surface area (Å²) in [6.07, 6.45) is 1.24. The molecular weight excluding hydrogens is 1140 g/mol. The van der Waals surface area contributed by atoms with Crippen molar-refractivity contribution >= 4 is 98.6 Å². The minimum atomic E-state index is -1.41. The number of Topliss-reactive ketones (excluding diaryl/α,β-unsaturated/α-hetero) is 3. The first-order valence-electron chi connectivity index (χ1n) is 24.8. The van der Waals surface area contributed by atoms with E-state index in [9.17, 15) is 28.8 Å². The van der Waals surface area contributed by atoms with E-state index in [1.165, 1.54) is 0 Å². The van der Waals surface area contributed by atoms with Crippen molar-refractivity contribution < 1.29 is 88.4 Å². The predicted molar refractivity (Wildman–Crippen MR) is 313 cm³/mol. The third kappa shape index (κ3) is 26.5. The summed E-state index contributed by atoms with van der Waals surface area (Å²) in [5.74, 6) is -1.63. The molecule has 18 heteroatoms. The number of rotatable bonds is 20. The number of hydrogen-bond acceptors (Lipinski definition) is 11. The summed E-state index contributed by atoms with van der Waals surface area (Å²) in [6, 6.07) is 44.6. The quantitative estimate of drug-likeness (QED) is 0.0482. The van der Waals surface area contributed by atoms with Crippen LogP contribution >= 0.6 is 50.7 Å². The van der Waals surface area contributed by atoms with Crippen molar-refractivity contribution in [3.63, 3.8) is 0 Å². The molecule has 416 valence electrons. The van der Waals surface area contributed by atoms with Crippen molar-refractivity contribution in [2.45, 2.75) is 93.9 Å². The monoisotopic (exact) mass is 1210 g/mol. The first-order chi connectivity index (χ1) is 36.1. The zero-order chi connectivity index (χ0) is 57.5. The van der Waals surface area contributed by atoms with Gasteiger partial charge in [0.15, 0.2) is 0 Å². The molecule has 0 aliphatic heterocycles. The van der Waals surface area contributed by atoms with E-state index in [4.69, 9.17) is 59.4 Å². The van der Waals surface area contributed by atoms with Gasteiger partial charge in [-0.25, -0.2) is 0 Å². The van der Waals surface area contributed by atoms with Gasteiger partial charge in [-0.15, -0.1) is 0 Å². The fraction of sp³-hybridized carbons (Fsp3) is 0.311. The Labute approximate surface area is 510 Å².